The molecule has 1 aliphatic rings. The summed E-state index contributed by atoms with van der Waals surface area (Å²) in [4.78, 5) is 24.5. The van der Waals surface area contributed by atoms with Gasteiger partial charge in [-0.25, -0.2) is 4.79 Å². The van der Waals surface area contributed by atoms with Crippen LogP contribution in [0.2, 0.25) is 5.02 Å². The van der Waals surface area contributed by atoms with Gasteiger partial charge in [0.25, 0.3) is 5.91 Å². The minimum atomic E-state index is -1.21. The Bertz CT molecular complexity index is 742. The molecule has 122 valence electrons. The van der Waals surface area contributed by atoms with Crippen LogP contribution in [0.3, 0.4) is 0 Å². The lowest BCUT2D eigenvalue weighted by Crippen LogP contribution is -2.56. The van der Waals surface area contributed by atoms with Crippen molar-refractivity contribution < 1.29 is 14.7 Å². The number of carbonyl (C=O) groups is 2. The van der Waals surface area contributed by atoms with Crippen molar-refractivity contribution >= 4 is 46.1 Å². The molecule has 0 aliphatic carbocycles. The molecule has 5 nitrogen and oxygen atoms in total. The maximum atomic E-state index is 12.7. The summed E-state index contributed by atoms with van der Waals surface area (Å²) in [6.45, 7) is 0. The molecule has 0 saturated carbocycles. The van der Waals surface area contributed by atoms with Gasteiger partial charge in [-0.15, -0.1) is 0 Å². The van der Waals surface area contributed by atoms with Gasteiger partial charge in [0.1, 0.15) is 11.2 Å². The van der Waals surface area contributed by atoms with Crippen LogP contribution in [-0.4, -0.2) is 38.6 Å². The van der Waals surface area contributed by atoms with E-state index in [4.69, 9.17) is 11.6 Å². The van der Waals surface area contributed by atoms with Crippen LogP contribution < -0.4 is 5.32 Å². The Morgan fingerprint density at radius 2 is 1.96 bits per heavy atom. The molecule has 7 heteroatoms. The second kappa shape index (κ2) is 6.09. The lowest BCUT2D eigenvalue weighted by molar-refractivity contribution is -0.144. The quantitative estimate of drug-likeness (QED) is 0.891. The van der Waals surface area contributed by atoms with E-state index in [9.17, 15) is 14.7 Å². The molecule has 23 heavy (non-hydrogen) atoms. The smallest absolute Gasteiger partial charge is 0.329 e. The molecule has 1 aliphatic heterocycles. The molecule has 0 unspecified atom stereocenters. The summed E-state index contributed by atoms with van der Waals surface area (Å²) in [5.41, 5.74) is -0.0692. The van der Waals surface area contributed by atoms with Crippen LogP contribution in [0.15, 0.2) is 24.3 Å². The lowest BCUT2D eigenvalue weighted by Gasteiger charge is -2.33. The third-order valence-electron chi connectivity index (χ3n) is 4.37. The van der Waals surface area contributed by atoms with Crippen molar-refractivity contribution in [1.29, 1.82) is 0 Å². The first kappa shape index (κ1) is 16.2. The summed E-state index contributed by atoms with van der Waals surface area (Å²) in [7, 11) is 1.76. The van der Waals surface area contributed by atoms with Gasteiger partial charge >= 0.3 is 5.97 Å². The first-order chi connectivity index (χ1) is 11.0. The number of amides is 1. The summed E-state index contributed by atoms with van der Waals surface area (Å²) >= 11 is 8.07. The van der Waals surface area contributed by atoms with Crippen molar-refractivity contribution in [3.05, 3.63) is 35.0 Å². The summed E-state index contributed by atoms with van der Waals surface area (Å²) in [5.74, 6) is 0.00855. The number of aromatic nitrogens is 1. The van der Waals surface area contributed by atoms with E-state index in [2.05, 4.69) is 5.32 Å². The molecular formula is C16H17ClN2O3S. The van der Waals surface area contributed by atoms with Crippen molar-refractivity contribution in [2.45, 2.75) is 18.4 Å². The first-order valence-corrected chi connectivity index (χ1v) is 8.86. The maximum absolute atomic E-state index is 12.7. The van der Waals surface area contributed by atoms with E-state index in [1.165, 1.54) is 0 Å². The molecule has 2 N–H and O–H groups in total. The van der Waals surface area contributed by atoms with Crippen molar-refractivity contribution in [3.8, 4) is 0 Å². The zero-order chi connectivity index (χ0) is 16.6. The number of aliphatic carboxylic acids is 1. The number of carboxylic acids is 1. The van der Waals surface area contributed by atoms with Crippen LogP contribution in [0.1, 0.15) is 23.3 Å². The summed E-state index contributed by atoms with van der Waals surface area (Å²) in [6.07, 6.45) is 0.834. The number of nitrogens with one attached hydrogen (secondary N) is 1. The van der Waals surface area contributed by atoms with Gasteiger partial charge in [-0.3, -0.25) is 4.79 Å². The normalized spacial score (nSPS) is 17.1. The second-order valence-electron chi connectivity index (χ2n) is 5.69. The summed E-state index contributed by atoms with van der Waals surface area (Å²) in [6, 6.07) is 7.45. The molecule has 2 aromatic rings. The van der Waals surface area contributed by atoms with Gasteiger partial charge < -0.3 is 15.0 Å². The predicted molar refractivity (Wildman–Crippen MR) is 92.3 cm³/mol. The molecule has 0 spiro atoms. The number of aryl methyl sites for hydroxylation is 1. The fourth-order valence-corrected chi connectivity index (χ4v) is 4.55. The first-order valence-electron chi connectivity index (χ1n) is 7.33. The zero-order valence-electron chi connectivity index (χ0n) is 12.6. The highest BCUT2D eigenvalue weighted by atomic mass is 35.5. The van der Waals surface area contributed by atoms with Crippen LogP contribution >= 0.6 is 23.4 Å². The average molecular weight is 353 g/mol. The molecule has 1 aromatic heterocycles. The molecule has 0 bridgehead atoms. The highest BCUT2D eigenvalue weighted by Gasteiger charge is 2.42. The number of halogens is 1. The summed E-state index contributed by atoms with van der Waals surface area (Å²) < 4.78 is 1.71. The maximum Gasteiger partial charge on any atom is 0.329 e. The Hall–Kier alpha value is -1.66. The fraction of sp³-hybridized carbons (Fsp3) is 0.375. The van der Waals surface area contributed by atoms with Crippen molar-refractivity contribution in [2.24, 2.45) is 7.05 Å². The highest BCUT2D eigenvalue weighted by Crippen LogP contribution is 2.32. The Morgan fingerprint density at radius 3 is 2.57 bits per heavy atom. The highest BCUT2D eigenvalue weighted by molar-refractivity contribution is 7.99. The Labute approximate surface area is 143 Å². The predicted octanol–water partition coefficient (Wildman–Crippen LogP) is 2.91. The van der Waals surface area contributed by atoms with Gasteiger partial charge in [-0.2, -0.15) is 11.8 Å². The molecule has 0 radical (unpaired) electrons. The number of thioether (sulfide) groups is 1. The summed E-state index contributed by atoms with van der Waals surface area (Å²) in [5, 5.41) is 13.5. The Kier molecular flexibility index (Phi) is 4.29. The van der Waals surface area contributed by atoms with E-state index in [1.54, 1.807) is 23.4 Å². The standard InChI is InChI=1S/C16H17ClN2O3S/c1-19-11-5-3-2-4-10(11)12(17)13(19)14(20)18-16(15(21)22)6-8-23-9-7-16/h2-5H,6-9H2,1H3,(H,18,20)(H,21,22). The van der Waals surface area contributed by atoms with Gasteiger partial charge in [0, 0.05) is 18.0 Å². The lowest BCUT2D eigenvalue weighted by atomic mass is 9.92. The third kappa shape index (κ3) is 2.70. The molecule has 1 amide bonds. The topological polar surface area (TPSA) is 71.3 Å². The van der Waals surface area contributed by atoms with Crippen LogP contribution in [0.25, 0.3) is 10.9 Å². The number of hydrogen-bond donors (Lipinski definition) is 2. The van der Waals surface area contributed by atoms with Crippen LogP contribution in [0.4, 0.5) is 0 Å². The number of fused-ring (bicyclic) bond motifs is 1. The Balaban J connectivity index is 1.99. The van der Waals surface area contributed by atoms with Gasteiger partial charge in [0.2, 0.25) is 0 Å². The number of hydrogen-bond acceptors (Lipinski definition) is 3. The van der Waals surface area contributed by atoms with E-state index in [0.717, 1.165) is 22.4 Å². The van der Waals surface area contributed by atoms with E-state index < -0.39 is 17.4 Å². The molecule has 1 aromatic carbocycles. The van der Waals surface area contributed by atoms with Crippen molar-refractivity contribution in [1.82, 2.24) is 9.88 Å². The fourth-order valence-electron chi connectivity index (χ4n) is 2.99. The molecule has 1 saturated heterocycles. The molecule has 1 fully saturated rings. The number of para-hydroxylation sites is 1. The van der Waals surface area contributed by atoms with Gasteiger partial charge in [0.15, 0.2) is 0 Å². The SMILES string of the molecule is Cn1c(C(=O)NC2(C(=O)O)CCSCC2)c(Cl)c2ccccc21. The average Bonchev–Trinajstić information content (AvgIpc) is 2.80. The number of rotatable bonds is 3. The minimum Gasteiger partial charge on any atom is -0.480 e. The monoisotopic (exact) mass is 352 g/mol. The van der Waals surface area contributed by atoms with Gasteiger partial charge in [-0.1, -0.05) is 29.8 Å². The van der Waals surface area contributed by atoms with E-state index in [1.807, 2.05) is 24.3 Å². The zero-order valence-corrected chi connectivity index (χ0v) is 14.2. The third-order valence-corrected chi connectivity index (χ3v) is 5.74. The number of benzene rings is 1. The van der Waals surface area contributed by atoms with Crippen LogP contribution in [0.5, 0.6) is 0 Å². The number of carboxylic acid groups (broad SMARTS) is 1. The molecular weight excluding hydrogens is 336 g/mol. The minimum absolute atomic E-state index is 0.298. The van der Waals surface area contributed by atoms with E-state index >= 15 is 0 Å². The van der Waals surface area contributed by atoms with E-state index in [0.29, 0.717) is 23.6 Å². The largest absolute Gasteiger partial charge is 0.480 e. The van der Waals surface area contributed by atoms with Crippen molar-refractivity contribution in [3.63, 3.8) is 0 Å². The van der Waals surface area contributed by atoms with Crippen LogP contribution in [0, 0.1) is 0 Å². The van der Waals surface area contributed by atoms with Crippen LogP contribution in [-0.2, 0) is 11.8 Å². The second-order valence-corrected chi connectivity index (χ2v) is 7.30. The molecule has 0 atom stereocenters. The Morgan fingerprint density at radius 1 is 1.30 bits per heavy atom. The van der Waals surface area contributed by atoms with Gasteiger partial charge in [0.05, 0.1) is 5.02 Å². The molecule has 2 heterocycles. The molecule has 3 rings (SSSR count). The van der Waals surface area contributed by atoms with Crippen molar-refractivity contribution in [2.75, 3.05) is 11.5 Å². The van der Waals surface area contributed by atoms with E-state index in [-0.39, 0.29) is 0 Å². The number of carbonyl (C=O) groups excluding carboxylic acids is 1. The van der Waals surface area contributed by atoms with Gasteiger partial charge in [-0.05, 0) is 30.4 Å². The number of nitrogens with zero attached hydrogens (tertiary/aromatic N) is 1.